The molecular weight excluding hydrogens is 305 g/mol. The molecule has 1 aliphatic rings. The zero-order valence-electron chi connectivity index (χ0n) is 10.7. The van der Waals surface area contributed by atoms with Gasteiger partial charge in [-0.15, -0.1) is 0 Å². The van der Waals surface area contributed by atoms with Gasteiger partial charge in [0, 0.05) is 22.8 Å². The van der Waals surface area contributed by atoms with Crippen LogP contribution in [0, 0.1) is 11.7 Å². The van der Waals surface area contributed by atoms with E-state index in [1.165, 1.54) is 0 Å². The minimum atomic E-state index is -4.06. The largest absolute Gasteiger partial charge is 0.352 e. The molecule has 0 unspecified atom stereocenters. The highest BCUT2D eigenvalue weighted by Gasteiger charge is 2.18. The monoisotopic (exact) mass is 319 g/mol. The second kappa shape index (κ2) is 6.10. The fraction of sp³-hybridized carbons (Fsp3) is 0.462. The van der Waals surface area contributed by atoms with Crippen LogP contribution < -0.4 is 5.32 Å². The molecule has 1 aromatic rings. The van der Waals surface area contributed by atoms with Crippen molar-refractivity contribution in [2.24, 2.45) is 5.92 Å². The molecule has 0 radical (unpaired) electrons. The summed E-state index contributed by atoms with van der Waals surface area (Å²) in [5.41, 5.74) is -0.0396. The Labute approximate surface area is 121 Å². The molecule has 0 heterocycles. The van der Waals surface area contributed by atoms with Gasteiger partial charge in [-0.05, 0) is 37.0 Å². The number of amides is 1. The minimum Gasteiger partial charge on any atom is -0.352 e. The van der Waals surface area contributed by atoms with Crippen LogP contribution in [0.4, 0.5) is 4.39 Å². The lowest BCUT2D eigenvalue weighted by atomic mass is 10.1. The van der Waals surface area contributed by atoms with Gasteiger partial charge in [0.05, 0.1) is 4.90 Å². The predicted octanol–water partition coefficient (Wildman–Crippen LogP) is 2.67. The Morgan fingerprint density at radius 2 is 1.95 bits per heavy atom. The number of benzene rings is 1. The van der Waals surface area contributed by atoms with Gasteiger partial charge in [0.2, 0.25) is 0 Å². The van der Waals surface area contributed by atoms with Gasteiger partial charge in [-0.25, -0.2) is 12.8 Å². The first kappa shape index (κ1) is 15.3. The van der Waals surface area contributed by atoms with E-state index in [9.17, 15) is 17.6 Å². The first-order valence-electron chi connectivity index (χ1n) is 6.40. The van der Waals surface area contributed by atoms with Gasteiger partial charge in [0.25, 0.3) is 15.0 Å². The molecule has 1 N–H and O–H groups in total. The van der Waals surface area contributed by atoms with E-state index in [2.05, 4.69) is 5.32 Å². The van der Waals surface area contributed by atoms with Gasteiger partial charge >= 0.3 is 0 Å². The molecule has 0 saturated heterocycles. The Morgan fingerprint density at radius 1 is 1.30 bits per heavy atom. The van der Waals surface area contributed by atoms with Crippen LogP contribution in [0.3, 0.4) is 0 Å². The van der Waals surface area contributed by atoms with Crippen LogP contribution in [-0.4, -0.2) is 20.9 Å². The van der Waals surface area contributed by atoms with Crippen molar-refractivity contribution in [1.29, 1.82) is 0 Å². The smallest absolute Gasteiger partial charge is 0.261 e. The van der Waals surface area contributed by atoms with Gasteiger partial charge in [-0.1, -0.05) is 12.8 Å². The summed E-state index contributed by atoms with van der Waals surface area (Å²) < 4.78 is 35.7. The molecule has 1 amide bonds. The van der Waals surface area contributed by atoms with E-state index in [0.29, 0.717) is 12.5 Å². The third kappa shape index (κ3) is 3.93. The molecule has 2 rings (SSSR count). The molecule has 0 spiro atoms. The number of rotatable bonds is 4. The molecule has 0 aliphatic heterocycles. The molecular formula is C13H15ClFNO3S. The van der Waals surface area contributed by atoms with Crippen molar-refractivity contribution in [2.75, 3.05) is 6.54 Å². The number of nitrogens with one attached hydrogen (secondary N) is 1. The Bertz CT molecular complexity index is 612. The predicted molar refractivity (Wildman–Crippen MR) is 73.7 cm³/mol. The summed E-state index contributed by atoms with van der Waals surface area (Å²) >= 11 is 0. The van der Waals surface area contributed by atoms with Crippen molar-refractivity contribution in [3.05, 3.63) is 29.6 Å². The van der Waals surface area contributed by atoms with Crippen molar-refractivity contribution >= 4 is 25.6 Å². The van der Waals surface area contributed by atoms with Crippen LogP contribution in [0.5, 0.6) is 0 Å². The maximum atomic E-state index is 13.4. The summed E-state index contributed by atoms with van der Waals surface area (Å²) in [6.07, 6.45) is 4.47. The lowest BCUT2D eigenvalue weighted by Crippen LogP contribution is -2.28. The standard InChI is InChI=1S/C13H15ClFNO3S/c14-20(18,19)12-6-10(5-11(15)7-12)13(17)16-8-9-3-1-2-4-9/h5-7,9H,1-4,8H2,(H,16,17). The Kier molecular flexibility index (Phi) is 4.65. The highest BCUT2D eigenvalue weighted by Crippen LogP contribution is 2.24. The van der Waals surface area contributed by atoms with E-state index in [4.69, 9.17) is 10.7 Å². The SMILES string of the molecule is O=C(NCC1CCCC1)c1cc(F)cc(S(=O)(=O)Cl)c1. The molecule has 1 saturated carbocycles. The van der Waals surface area contributed by atoms with Gasteiger partial charge < -0.3 is 5.32 Å². The summed E-state index contributed by atoms with van der Waals surface area (Å²) in [6.45, 7) is 0.526. The highest BCUT2D eigenvalue weighted by atomic mass is 35.7. The lowest BCUT2D eigenvalue weighted by Gasteiger charge is -2.11. The van der Waals surface area contributed by atoms with Crippen molar-refractivity contribution < 1.29 is 17.6 Å². The Morgan fingerprint density at radius 3 is 2.55 bits per heavy atom. The molecule has 110 valence electrons. The molecule has 1 fully saturated rings. The van der Waals surface area contributed by atoms with Gasteiger partial charge in [-0.2, -0.15) is 0 Å². The molecule has 0 bridgehead atoms. The van der Waals surface area contributed by atoms with E-state index in [-0.39, 0.29) is 5.56 Å². The van der Waals surface area contributed by atoms with Crippen LogP contribution in [0.15, 0.2) is 23.1 Å². The van der Waals surface area contributed by atoms with E-state index >= 15 is 0 Å². The molecule has 1 aliphatic carbocycles. The van der Waals surface area contributed by atoms with Crippen LogP contribution in [0.1, 0.15) is 36.0 Å². The van der Waals surface area contributed by atoms with Crippen molar-refractivity contribution in [1.82, 2.24) is 5.32 Å². The first-order valence-corrected chi connectivity index (χ1v) is 8.70. The van der Waals surface area contributed by atoms with Gasteiger partial charge in [-0.3, -0.25) is 4.79 Å². The first-order chi connectivity index (χ1) is 9.36. The van der Waals surface area contributed by atoms with E-state index in [1.807, 2.05) is 0 Å². The fourth-order valence-corrected chi connectivity index (χ4v) is 3.18. The fourth-order valence-electron chi connectivity index (χ4n) is 2.39. The molecule has 20 heavy (non-hydrogen) atoms. The van der Waals surface area contributed by atoms with Crippen molar-refractivity contribution in [3.63, 3.8) is 0 Å². The quantitative estimate of drug-likeness (QED) is 0.868. The summed E-state index contributed by atoms with van der Waals surface area (Å²) in [7, 11) is 1.10. The minimum absolute atomic E-state index is 0.0396. The number of carbonyl (C=O) groups excluding carboxylic acids is 1. The average molecular weight is 320 g/mol. The van der Waals surface area contributed by atoms with Crippen molar-refractivity contribution in [2.45, 2.75) is 30.6 Å². The molecule has 4 nitrogen and oxygen atoms in total. The summed E-state index contributed by atoms with van der Waals surface area (Å²) in [5, 5.41) is 2.70. The summed E-state index contributed by atoms with van der Waals surface area (Å²) in [6, 6.07) is 2.86. The molecule has 1 aromatic carbocycles. The Hall–Kier alpha value is -1.14. The highest BCUT2D eigenvalue weighted by molar-refractivity contribution is 8.13. The average Bonchev–Trinajstić information content (AvgIpc) is 2.87. The van der Waals surface area contributed by atoms with E-state index in [0.717, 1.165) is 43.9 Å². The third-order valence-electron chi connectivity index (χ3n) is 3.44. The zero-order chi connectivity index (χ0) is 14.8. The lowest BCUT2D eigenvalue weighted by molar-refractivity contribution is 0.0946. The molecule has 0 atom stereocenters. The molecule has 0 aromatic heterocycles. The Balaban J connectivity index is 2.11. The number of hydrogen-bond acceptors (Lipinski definition) is 3. The summed E-state index contributed by atoms with van der Waals surface area (Å²) in [5.74, 6) is -0.848. The summed E-state index contributed by atoms with van der Waals surface area (Å²) in [4.78, 5) is 11.5. The zero-order valence-corrected chi connectivity index (χ0v) is 12.3. The molecule has 7 heteroatoms. The van der Waals surface area contributed by atoms with Crippen LogP contribution in [0.25, 0.3) is 0 Å². The second-order valence-corrected chi connectivity index (χ2v) is 7.54. The number of hydrogen-bond donors (Lipinski definition) is 1. The van der Waals surface area contributed by atoms with Gasteiger partial charge in [0.15, 0.2) is 0 Å². The number of carbonyl (C=O) groups is 1. The topological polar surface area (TPSA) is 63.2 Å². The van der Waals surface area contributed by atoms with Gasteiger partial charge in [0.1, 0.15) is 5.82 Å². The maximum absolute atomic E-state index is 13.4. The van der Waals surface area contributed by atoms with Crippen LogP contribution in [-0.2, 0) is 9.05 Å². The number of halogens is 2. The third-order valence-corrected chi connectivity index (χ3v) is 4.77. The van der Waals surface area contributed by atoms with Crippen molar-refractivity contribution in [3.8, 4) is 0 Å². The van der Waals surface area contributed by atoms with E-state index in [1.54, 1.807) is 0 Å². The normalized spacial score (nSPS) is 16.3. The second-order valence-electron chi connectivity index (χ2n) is 4.97. The van der Waals surface area contributed by atoms with Crippen LogP contribution >= 0.6 is 10.7 Å². The van der Waals surface area contributed by atoms with E-state index < -0.39 is 25.7 Å². The van der Waals surface area contributed by atoms with Crippen LogP contribution in [0.2, 0.25) is 0 Å². The maximum Gasteiger partial charge on any atom is 0.261 e.